The maximum atomic E-state index is 13.3. The Morgan fingerprint density at radius 2 is 1.87 bits per heavy atom. The molecule has 0 bridgehead atoms. The molecule has 0 radical (unpaired) electrons. The smallest absolute Gasteiger partial charge is 0.214 e. The molecule has 0 amide bonds. The molecule has 4 rings (SSSR count). The lowest BCUT2D eigenvalue weighted by atomic mass is 10.1. The predicted molar refractivity (Wildman–Crippen MR) is 121 cm³/mol. The Morgan fingerprint density at radius 1 is 1.13 bits per heavy atom. The van der Waals surface area contributed by atoms with Crippen molar-refractivity contribution in [2.45, 2.75) is 55.7 Å². The molecule has 8 heteroatoms. The number of nitrogens with one attached hydrogen (secondary N) is 1. The number of hydrogen-bond acceptors (Lipinski definition) is 5. The Balaban J connectivity index is 0.000000589. The summed E-state index contributed by atoms with van der Waals surface area (Å²) in [5.41, 5.74) is 2.55. The Kier molecular flexibility index (Phi) is 7.15. The molecule has 1 aromatic carbocycles. The van der Waals surface area contributed by atoms with Gasteiger partial charge in [-0.3, -0.25) is 0 Å². The maximum absolute atomic E-state index is 13.3. The SMILES string of the molecule is C/C=C\C.CNc1nn2c3c(cnc2c1S(=O)(=O)c1cccc(Cl)c1)CCCCC3. The number of halogens is 1. The summed E-state index contributed by atoms with van der Waals surface area (Å²) in [6.07, 6.45) is 11.0. The van der Waals surface area contributed by atoms with Crippen LogP contribution in [0.5, 0.6) is 0 Å². The van der Waals surface area contributed by atoms with Crippen molar-refractivity contribution >= 4 is 32.9 Å². The van der Waals surface area contributed by atoms with Crippen molar-refractivity contribution in [2.75, 3.05) is 12.4 Å². The first-order valence-electron chi connectivity index (χ1n) is 10.1. The van der Waals surface area contributed by atoms with E-state index in [1.165, 1.54) is 12.1 Å². The molecule has 3 aromatic rings. The van der Waals surface area contributed by atoms with Gasteiger partial charge in [-0.05, 0) is 63.3 Å². The van der Waals surface area contributed by atoms with Gasteiger partial charge in [0.2, 0.25) is 9.84 Å². The molecule has 2 aromatic heterocycles. The van der Waals surface area contributed by atoms with Gasteiger partial charge in [0, 0.05) is 24.0 Å². The monoisotopic (exact) mass is 446 g/mol. The van der Waals surface area contributed by atoms with Crippen LogP contribution in [-0.2, 0) is 22.7 Å². The van der Waals surface area contributed by atoms with Crippen LogP contribution in [0.15, 0.2) is 52.4 Å². The second kappa shape index (κ2) is 9.62. The number of hydrogen-bond donors (Lipinski definition) is 1. The van der Waals surface area contributed by atoms with Crippen LogP contribution in [-0.4, -0.2) is 30.1 Å². The summed E-state index contributed by atoms with van der Waals surface area (Å²) in [6.45, 7) is 4.00. The molecule has 30 heavy (non-hydrogen) atoms. The number of benzene rings is 1. The quantitative estimate of drug-likeness (QED) is 0.447. The fourth-order valence-corrected chi connectivity index (χ4v) is 5.28. The van der Waals surface area contributed by atoms with Crippen LogP contribution >= 0.6 is 11.6 Å². The lowest BCUT2D eigenvalue weighted by molar-refractivity contribution is 0.597. The molecule has 160 valence electrons. The van der Waals surface area contributed by atoms with Crippen molar-refractivity contribution in [1.82, 2.24) is 14.6 Å². The lowest BCUT2D eigenvalue weighted by Gasteiger charge is -2.08. The molecule has 1 N–H and O–H groups in total. The molecule has 0 aliphatic heterocycles. The zero-order valence-corrected chi connectivity index (χ0v) is 19.1. The van der Waals surface area contributed by atoms with Crippen molar-refractivity contribution in [3.8, 4) is 0 Å². The average Bonchev–Trinajstić information content (AvgIpc) is 2.97. The van der Waals surface area contributed by atoms with Crippen molar-refractivity contribution in [1.29, 1.82) is 0 Å². The third-order valence-electron chi connectivity index (χ3n) is 5.09. The number of aryl methyl sites for hydroxylation is 2. The van der Waals surface area contributed by atoms with Gasteiger partial charge in [0.15, 0.2) is 16.4 Å². The Labute approximate surface area is 182 Å². The summed E-state index contributed by atoms with van der Waals surface area (Å²) < 4.78 is 28.3. The van der Waals surface area contributed by atoms with E-state index in [1.807, 2.05) is 26.0 Å². The van der Waals surface area contributed by atoms with Gasteiger partial charge < -0.3 is 5.32 Å². The van der Waals surface area contributed by atoms with Gasteiger partial charge in [-0.2, -0.15) is 0 Å². The Bertz CT molecular complexity index is 1170. The van der Waals surface area contributed by atoms with E-state index in [0.717, 1.165) is 43.4 Å². The van der Waals surface area contributed by atoms with Crippen molar-refractivity contribution in [3.05, 3.63) is 58.9 Å². The molecule has 1 aliphatic rings. The number of fused-ring (bicyclic) bond motifs is 3. The van der Waals surface area contributed by atoms with Crippen LogP contribution in [0.25, 0.3) is 5.65 Å². The highest BCUT2D eigenvalue weighted by Gasteiger charge is 2.30. The van der Waals surface area contributed by atoms with Crippen molar-refractivity contribution in [2.24, 2.45) is 0 Å². The number of aromatic nitrogens is 3. The second-order valence-electron chi connectivity index (χ2n) is 7.08. The van der Waals surface area contributed by atoms with E-state index in [9.17, 15) is 8.42 Å². The summed E-state index contributed by atoms with van der Waals surface area (Å²) >= 11 is 6.00. The highest BCUT2D eigenvalue weighted by molar-refractivity contribution is 7.91. The number of rotatable bonds is 3. The normalized spacial score (nSPS) is 14.1. The molecule has 0 unspecified atom stereocenters. The average molecular weight is 447 g/mol. The molecule has 0 saturated carbocycles. The molecule has 0 atom stereocenters. The number of anilines is 1. The molecule has 1 aliphatic carbocycles. The molecule has 6 nitrogen and oxygen atoms in total. The van der Waals surface area contributed by atoms with E-state index in [0.29, 0.717) is 16.5 Å². The van der Waals surface area contributed by atoms with Crippen LogP contribution in [0.2, 0.25) is 5.02 Å². The number of nitrogens with zero attached hydrogens (tertiary/aromatic N) is 3. The van der Waals surface area contributed by atoms with Gasteiger partial charge in [0.1, 0.15) is 0 Å². The zero-order valence-electron chi connectivity index (χ0n) is 17.5. The van der Waals surface area contributed by atoms with Gasteiger partial charge in [-0.1, -0.05) is 36.2 Å². The van der Waals surface area contributed by atoms with E-state index >= 15 is 0 Å². The largest absolute Gasteiger partial charge is 0.370 e. The summed E-state index contributed by atoms with van der Waals surface area (Å²) in [7, 11) is -2.15. The summed E-state index contributed by atoms with van der Waals surface area (Å²) in [6, 6.07) is 6.25. The van der Waals surface area contributed by atoms with E-state index in [-0.39, 0.29) is 9.79 Å². The van der Waals surface area contributed by atoms with Gasteiger partial charge in [0.05, 0.1) is 4.90 Å². The summed E-state index contributed by atoms with van der Waals surface area (Å²) in [4.78, 5) is 4.69. The zero-order chi connectivity index (χ0) is 21.7. The summed E-state index contributed by atoms with van der Waals surface area (Å²) in [5, 5.41) is 7.82. The van der Waals surface area contributed by atoms with Crippen molar-refractivity contribution < 1.29 is 8.42 Å². The van der Waals surface area contributed by atoms with Crippen LogP contribution in [0, 0.1) is 0 Å². The molecule has 2 heterocycles. The first-order chi connectivity index (χ1) is 14.4. The fraction of sp³-hybridized carbons (Fsp3) is 0.364. The van der Waals surface area contributed by atoms with Crippen LogP contribution in [0.1, 0.15) is 44.4 Å². The van der Waals surface area contributed by atoms with E-state index in [4.69, 9.17) is 11.6 Å². The molecule has 0 fully saturated rings. The third-order valence-corrected chi connectivity index (χ3v) is 7.12. The Hall–Kier alpha value is -2.38. The van der Waals surface area contributed by atoms with Gasteiger partial charge in [0.25, 0.3) is 0 Å². The van der Waals surface area contributed by atoms with Crippen LogP contribution in [0.3, 0.4) is 0 Å². The Morgan fingerprint density at radius 3 is 2.53 bits per heavy atom. The van der Waals surface area contributed by atoms with Gasteiger partial charge in [-0.25, -0.2) is 17.9 Å². The van der Waals surface area contributed by atoms with Gasteiger partial charge in [-0.15, -0.1) is 5.10 Å². The molecule has 0 saturated heterocycles. The van der Waals surface area contributed by atoms with E-state index < -0.39 is 9.84 Å². The topological polar surface area (TPSA) is 76.4 Å². The molecular formula is C22H27ClN4O2S. The van der Waals surface area contributed by atoms with Gasteiger partial charge >= 0.3 is 0 Å². The minimum atomic E-state index is -3.82. The minimum Gasteiger partial charge on any atom is -0.370 e. The summed E-state index contributed by atoms with van der Waals surface area (Å²) in [5.74, 6) is 0.301. The highest BCUT2D eigenvalue weighted by Crippen LogP contribution is 2.33. The third kappa shape index (κ3) is 4.37. The van der Waals surface area contributed by atoms with E-state index in [1.54, 1.807) is 29.9 Å². The lowest BCUT2D eigenvalue weighted by Crippen LogP contribution is -2.07. The second-order valence-corrected chi connectivity index (χ2v) is 9.40. The fourth-order valence-electron chi connectivity index (χ4n) is 3.47. The first kappa shape index (κ1) is 22.3. The molecular weight excluding hydrogens is 420 g/mol. The van der Waals surface area contributed by atoms with E-state index in [2.05, 4.69) is 15.4 Å². The van der Waals surface area contributed by atoms with Crippen LogP contribution in [0.4, 0.5) is 5.82 Å². The van der Waals surface area contributed by atoms with Crippen LogP contribution < -0.4 is 5.32 Å². The first-order valence-corrected chi connectivity index (χ1v) is 11.9. The predicted octanol–water partition coefficient (Wildman–Crippen LogP) is 5.11. The minimum absolute atomic E-state index is 0.0920. The highest BCUT2D eigenvalue weighted by atomic mass is 35.5. The number of allylic oxidation sites excluding steroid dienone is 2. The standard InChI is InChI=1S/C18H19ClN4O2S.C4H8/c1-20-17-16(26(24,25)14-8-5-7-13(19)10-14)18-21-11-12-6-3-2-4-9-15(12)23(18)22-17;1-3-4-2/h5,7-8,10-11H,2-4,6,9H2,1H3,(H,20,22);3-4H,1-2H3/b;4-3-. The number of sulfone groups is 1. The maximum Gasteiger partial charge on any atom is 0.214 e. The van der Waals surface area contributed by atoms with Crippen molar-refractivity contribution in [3.63, 3.8) is 0 Å². The molecule has 0 spiro atoms.